The van der Waals surface area contributed by atoms with Gasteiger partial charge in [-0.3, -0.25) is 9.59 Å². The van der Waals surface area contributed by atoms with Crippen LogP contribution in [0.15, 0.2) is 83.8 Å². The van der Waals surface area contributed by atoms with Gasteiger partial charge in [-0.25, -0.2) is 12.8 Å². The van der Waals surface area contributed by atoms with Gasteiger partial charge in [0.05, 0.1) is 10.4 Å². The molecule has 3 aromatic rings. The highest BCUT2D eigenvalue weighted by Crippen LogP contribution is 2.17. The van der Waals surface area contributed by atoms with Crippen molar-refractivity contribution in [3.63, 3.8) is 0 Å². The Morgan fingerprint density at radius 1 is 0.972 bits per heavy atom. The smallest absolute Gasteiger partial charge is 0.251 e. The summed E-state index contributed by atoms with van der Waals surface area (Å²) >= 11 is 0. The molecule has 0 bridgehead atoms. The largest absolute Gasteiger partial charge is 0.340 e. The van der Waals surface area contributed by atoms with Crippen LogP contribution >= 0.6 is 0 Å². The van der Waals surface area contributed by atoms with Crippen molar-refractivity contribution >= 4 is 27.5 Å². The minimum atomic E-state index is -3.87. The summed E-state index contributed by atoms with van der Waals surface area (Å²) in [5, 5.41) is 5.40. The van der Waals surface area contributed by atoms with E-state index in [-0.39, 0.29) is 16.9 Å². The lowest BCUT2D eigenvalue weighted by atomic mass is 10.0. The SMILES string of the molecule is C#CC(C)(C)NS(=O)(=O)c1ccc(NC(=O)C(Cc2ccccc2)NC(=O)c2ccc(F)cc2)cc1. The summed E-state index contributed by atoms with van der Waals surface area (Å²) in [5.74, 6) is 0.853. The highest BCUT2D eigenvalue weighted by atomic mass is 32.2. The number of carbonyl (C=O) groups excluding carboxylic acids is 2. The van der Waals surface area contributed by atoms with Crippen LogP contribution < -0.4 is 15.4 Å². The molecule has 0 fully saturated rings. The number of terminal acetylenes is 1. The standard InChI is InChI=1S/C27H26FN3O4S/c1-4-27(2,3)31-36(34,35)23-16-14-22(15-17-23)29-26(33)24(18-19-8-6-5-7-9-19)30-25(32)20-10-12-21(28)13-11-20/h1,5-17,24,31H,18H2,2-3H3,(H,29,33)(H,30,32). The second kappa shape index (κ2) is 11.2. The molecule has 2 amide bonds. The molecule has 0 aromatic heterocycles. The molecule has 0 heterocycles. The maximum absolute atomic E-state index is 13.2. The molecule has 0 saturated heterocycles. The number of hydrogen-bond donors (Lipinski definition) is 3. The van der Waals surface area contributed by atoms with Crippen LogP contribution in [0.5, 0.6) is 0 Å². The fourth-order valence-corrected chi connectivity index (χ4v) is 4.62. The van der Waals surface area contributed by atoms with Crippen LogP contribution in [0.2, 0.25) is 0 Å². The van der Waals surface area contributed by atoms with E-state index in [2.05, 4.69) is 21.3 Å². The lowest BCUT2D eigenvalue weighted by Crippen LogP contribution is -2.45. The van der Waals surface area contributed by atoms with Crippen molar-refractivity contribution in [2.45, 2.75) is 36.7 Å². The van der Waals surface area contributed by atoms with Crippen LogP contribution in [0.1, 0.15) is 29.8 Å². The van der Waals surface area contributed by atoms with Crippen LogP contribution in [-0.2, 0) is 21.2 Å². The number of rotatable bonds is 9. The zero-order chi connectivity index (χ0) is 26.3. The number of benzene rings is 3. The summed E-state index contributed by atoms with van der Waals surface area (Å²) in [7, 11) is -3.87. The number of carbonyl (C=O) groups is 2. The summed E-state index contributed by atoms with van der Waals surface area (Å²) in [4.78, 5) is 25.8. The fraction of sp³-hybridized carbons (Fsp3) is 0.185. The Bertz CT molecular complexity index is 1370. The third kappa shape index (κ3) is 7.25. The van der Waals surface area contributed by atoms with Gasteiger partial charge in [0.2, 0.25) is 15.9 Å². The Morgan fingerprint density at radius 2 is 1.58 bits per heavy atom. The van der Waals surface area contributed by atoms with E-state index in [1.807, 2.05) is 30.3 Å². The van der Waals surface area contributed by atoms with E-state index in [0.717, 1.165) is 17.7 Å². The summed E-state index contributed by atoms with van der Waals surface area (Å²) in [6.07, 6.45) is 5.57. The van der Waals surface area contributed by atoms with Gasteiger partial charge >= 0.3 is 0 Å². The van der Waals surface area contributed by atoms with E-state index < -0.39 is 39.2 Å². The van der Waals surface area contributed by atoms with E-state index in [1.165, 1.54) is 36.4 Å². The van der Waals surface area contributed by atoms with E-state index >= 15 is 0 Å². The molecule has 36 heavy (non-hydrogen) atoms. The molecule has 186 valence electrons. The minimum Gasteiger partial charge on any atom is -0.340 e. The fourth-order valence-electron chi connectivity index (χ4n) is 3.27. The van der Waals surface area contributed by atoms with Gasteiger partial charge in [0.25, 0.3) is 5.91 Å². The van der Waals surface area contributed by atoms with Crippen LogP contribution in [0.3, 0.4) is 0 Å². The third-order valence-corrected chi connectivity index (χ3v) is 6.87. The lowest BCUT2D eigenvalue weighted by Gasteiger charge is -2.20. The number of halogens is 1. The lowest BCUT2D eigenvalue weighted by molar-refractivity contribution is -0.118. The van der Waals surface area contributed by atoms with Crippen molar-refractivity contribution in [2.75, 3.05) is 5.32 Å². The highest BCUT2D eigenvalue weighted by molar-refractivity contribution is 7.89. The molecule has 9 heteroatoms. The summed E-state index contributed by atoms with van der Waals surface area (Å²) < 4.78 is 40.8. The first-order valence-electron chi connectivity index (χ1n) is 11.0. The van der Waals surface area contributed by atoms with Gasteiger partial charge in [-0.15, -0.1) is 6.42 Å². The van der Waals surface area contributed by atoms with Crippen LogP contribution in [-0.4, -0.2) is 31.8 Å². The van der Waals surface area contributed by atoms with Crippen molar-refractivity contribution in [2.24, 2.45) is 0 Å². The maximum Gasteiger partial charge on any atom is 0.251 e. The van der Waals surface area contributed by atoms with Gasteiger partial charge in [-0.1, -0.05) is 36.3 Å². The van der Waals surface area contributed by atoms with Crippen LogP contribution in [0.4, 0.5) is 10.1 Å². The van der Waals surface area contributed by atoms with E-state index in [1.54, 1.807) is 13.8 Å². The monoisotopic (exact) mass is 507 g/mol. The maximum atomic E-state index is 13.2. The molecule has 0 radical (unpaired) electrons. The Hall–Kier alpha value is -4.00. The molecule has 1 unspecified atom stereocenters. The molecular weight excluding hydrogens is 481 g/mol. The number of sulfonamides is 1. The normalized spacial score (nSPS) is 12.3. The zero-order valence-corrected chi connectivity index (χ0v) is 20.6. The zero-order valence-electron chi connectivity index (χ0n) is 19.8. The number of amides is 2. The van der Waals surface area contributed by atoms with Crippen molar-refractivity contribution in [1.29, 1.82) is 0 Å². The van der Waals surface area contributed by atoms with E-state index in [9.17, 15) is 22.4 Å². The minimum absolute atomic E-state index is 0.0192. The van der Waals surface area contributed by atoms with Gasteiger partial charge in [-0.05, 0) is 67.9 Å². The average molecular weight is 508 g/mol. The molecule has 0 aliphatic rings. The predicted octanol–water partition coefficient (Wildman–Crippen LogP) is 3.50. The van der Waals surface area contributed by atoms with Crippen molar-refractivity contribution in [3.05, 3.63) is 95.8 Å². The Balaban J connectivity index is 1.77. The molecule has 3 aromatic carbocycles. The number of hydrogen-bond acceptors (Lipinski definition) is 4. The van der Waals surface area contributed by atoms with Gasteiger partial charge in [0, 0.05) is 17.7 Å². The molecule has 0 aliphatic carbocycles. The highest BCUT2D eigenvalue weighted by Gasteiger charge is 2.25. The average Bonchev–Trinajstić information content (AvgIpc) is 2.84. The number of anilines is 1. The van der Waals surface area contributed by atoms with Crippen molar-refractivity contribution in [1.82, 2.24) is 10.0 Å². The van der Waals surface area contributed by atoms with Gasteiger partial charge in [0.15, 0.2) is 0 Å². The van der Waals surface area contributed by atoms with E-state index in [0.29, 0.717) is 5.69 Å². The van der Waals surface area contributed by atoms with E-state index in [4.69, 9.17) is 6.42 Å². The van der Waals surface area contributed by atoms with Gasteiger partial charge in [-0.2, -0.15) is 4.72 Å². The van der Waals surface area contributed by atoms with Crippen molar-refractivity contribution < 1.29 is 22.4 Å². The van der Waals surface area contributed by atoms with Gasteiger partial charge in [0.1, 0.15) is 11.9 Å². The Morgan fingerprint density at radius 3 is 2.17 bits per heavy atom. The third-order valence-electron chi connectivity index (χ3n) is 5.19. The quantitative estimate of drug-likeness (QED) is 0.386. The molecular formula is C27H26FN3O4S. The van der Waals surface area contributed by atoms with Crippen molar-refractivity contribution in [3.8, 4) is 12.3 Å². The number of nitrogens with one attached hydrogen (secondary N) is 3. The van der Waals surface area contributed by atoms with Gasteiger partial charge < -0.3 is 10.6 Å². The molecule has 1 atom stereocenters. The van der Waals surface area contributed by atoms with Crippen LogP contribution in [0, 0.1) is 18.2 Å². The summed E-state index contributed by atoms with van der Waals surface area (Å²) in [6.45, 7) is 3.12. The van der Waals surface area contributed by atoms with Crippen LogP contribution in [0.25, 0.3) is 0 Å². The molecule has 0 saturated carbocycles. The Kier molecular flexibility index (Phi) is 8.25. The topological polar surface area (TPSA) is 104 Å². The molecule has 0 spiro atoms. The molecule has 3 rings (SSSR count). The first-order chi connectivity index (χ1) is 17.0. The first kappa shape index (κ1) is 26.6. The summed E-state index contributed by atoms with van der Waals surface area (Å²) in [6, 6.07) is 18.7. The Labute approximate surface area is 210 Å². The first-order valence-corrected chi connectivity index (χ1v) is 12.5. The second-order valence-corrected chi connectivity index (χ2v) is 10.3. The second-order valence-electron chi connectivity index (χ2n) is 8.61. The molecule has 3 N–H and O–H groups in total. The predicted molar refractivity (Wildman–Crippen MR) is 136 cm³/mol. The summed E-state index contributed by atoms with van der Waals surface area (Å²) in [5.41, 5.74) is 0.295. The molecule has 0 aliphatic heterocycles. The molecule has 7 nitrogen and oxygen atoms in total.